The van der Waals surface area contributed by atoms with E-state index >= 15 is 0 Å². The van der Waals surface area contributed by atoms with E-state index < -0.39 is 5.97 Å². The van der Waals surface area contributed by atoms with Crippen molar-refractivity contribution in [3.05, 3.63) is 51.9 Å². The van der Waals surface area contributed by atoms with E-state index in [2.05, 4.69) is 20.0 Å². The van der Waals surface area contributed by atoms with Crippen LogP contribution in [0, 0.1) is 0 Å². The highest BCUT2D eigenvalue weighted by molar-refractivity contribution is 5.89. The Balaban J connectivity index is 2.18. The van der Waals surface area contributed by atoms with Gasteiger partial charge in [-0.1, -0.05) is 13.3 Å². The molecule has 0 bridgehead atoms. The molecule has 0 saturated heterocycles. The van der Waals surface area contributed by atoms with Crippen LogP contribution in [0.15, 0.2) is 35.1 Å². The standard InChI is InChI=1S/C15H17N3O3/c1-3-4-12-9-13(19)18-15(17-12)16-11-7-5-10(6-8-11)14(20)21-2/h5-9H,3-4H2,1-2H3,(H2,16,17,18,19). The van der Waals surface area contributed by atoms with Gasteiger partial charge in [-0.3, -0.25) is 9.78 Å². The first-order chi connectivity index (χ1) is 10.1. The van der Waals surface area contributed by atoms with Gasteiger partial charge in [0.05, 0.1) is 12.7 Å². The third kappa shape index (κ3) is 3.92. The molecule has 2 aromatic rings. The zero-order valence-electron chi connectivity index (χ0n) is 12.0. The minimum atomic E-state index is -0.391. The molecule has 1 aromatic heterocycles. The largest absolute Gasteiger partial charge is 0.465 e. The van der Waals surface area contributed by atoms with Gasteiger partial charge in [-0.05, 0) is 30.7 Å². The molecular weight excluding hydrogens is 270 g/mol. The number of anilines is 2. The highest BCUT2D eigenvalue weighted by atomic mass is 16.5. The maximum atomic E-state index is 11.6. The maximum absolute atomic E-state index is 11.6. The monoisotopic (exact) mass is 287 g/mol. The normalized spacial score (nSPS) is 10.2. The molecular formula is C15H17N3O3. The second-order valence-electron chi connectivity index (χ2n) is 4.53. The van der Waals surface area contributed by atoms with Crippen molar-refractivity contribution in [2.24, 2.45) is 0 Å². The fourth-order valence-electron chi connectivity index (χ4n) is 1.90. The second kappa shape index (κ2) is 6.69. The fraction of sp³-hybridized carbons (Fsp3) is 0.267. The lowest BCUT2D eigenvalue weighted by atomic mass is 10.2. The summed E-state index contributed by atoms with van der Waals surface area (Å²) in [6.45, 7) is 2.03. The third-order valence-corrected chi connectivity index (χ3v) is 2.87. The molecule has 110 valence electrons. The van der Waals surface area contributed by atoms with Gasteiger partial charge >= 0.3 is 5.97 Å². The van der Waals surface area contributed by atoms with Crippen LogP contribution in [0.5, 0.6) is 0 Å². The average Bonchev–Trinajstić information content (AvgIpc) is 2.47. The van der Waals surface area contributed by atoms with Gasteiger partial charge in [0, 0.05) is 17.4 Å². The lowest BCUT2D eigenvalue weighted by Gasteiger charge is -2.07. The Labute approximate surface area is 122 Å². The van der Waals surface area contributed by atoms with Crippen molar-refractivity contribution in [2.75, 3.05) is 12.4 Å². The third-order valence-electron chi connectivity index (χ3n) is 2.87. The summed E-state index contributed by atoms with van der Waals surface area (Å²) in [6, 6.07) is 8.22. The molecule has 6 heteroatoms. The summed E-state index contributed by atoms with van der Waals surface area (Å²) in [5.41, 5.74) is 1.74. The molecule has 0 unspecified atom stereocenters. The SMILES string of the molecule is CCCc1cc(=O)[nH]c(Nc2ccc(C(=O)OC)cc2)n1. The molecule has 0 saturated carbocycles. The van der Waals surface area contributed by atoms with Crippen LogP contribution in [0.2, 0.25) is 0 Å². The highest BCUT2D eigenvalue weighted by Gasteiger charge is 2.05. The van der Waals surface area contributed by atoms with Crippen molar-refractivity contribution in [2.45, 2.75) is 19.8 Å². The first kappa shape index (κ1) is 14.8. The zero-order chi connectivity index (χ0) is 15.2. The average molecular weight is 287 g/mol. The minimum absolute atomic E-state index is 0.192. The van der Waals surface area contributed by atoms with Gasteiger partial charge in [0.1, 0.15) is 0 Å². The first-order valence-electron chi connectivity index (χ1n) is 6.68. The van der Waals surface area contributed by atoms with E-state index in [4.69, 9.17) is 0 Å². The highest BCUT2D eigenvalue weighted by Crippen LogP contribution is 2.14. The van der Waals surface area contributed by atoms with Crippen LogP contribution in [0.4, 0.5) is 11.6 Å². The molecule has 0 radical (unpaired) electrons. The van der Waals surface area contributed by atoms with Crippen molar-refractivity contribution >= 4 is 17.6 Å². The Hall–Kier alpha value is -2.63. The number of hydrogen-bond acceptors (Lipinski definition) is 5. The zero-order valence-corrected chi connectivity index (χ0v) is 12.0. The molecule has 0 aliphatic heterocycles. The summed E-state index contributed by atoms with van der Waals surface area (Å²) in [6.07, 6.45) is 1.67. The van der Waals surface area contributed by atoms with Crippen LogP contribution in [0.1, 0.15) is 29.4 Å². The summed E-state index contributed by atoms with van der Waals surface area (Å²) >= 11 is 0. The molecule has 6 nitrogen and oxygen atoms in total. The molecule has 1 heterocycles. The van der Waals surface area contributed by atoms with Crippen LogP contribution in [0.3, 0.4) is 0 Å². The smallest absolute Gasteiger partial charge is 0.337 e. The number of aromatic amines is 1. The number of aromatic nitrogens is 2. The summed E-state index contributed by atoms with van der Waals surface area (Å²) in [5.74, 6) is -0.00482. The predicted octanol–water partition coefficient (Wildman–Crippen LogP) is 2.25. The van der Waals surface area contributed by atoms with E-state index in [1.165, 1.54) is 13.2 Å². The molecule has 21 heavy (non-hydrogen) atoms. The Bertz CT molecular complexity index is 677. The summed E-state index contributed by atoms with van der Waals surface area (Å²) in [4.78, 5) is 29.9. The number of benzene rings is 1. The van der Waals surface area contributed by atoms with Crippen LogP contribution in [-0.4, -0.2) is 23.0 Å². The van der Waals surface area contributed by atoms with E-state index in [-0.39, 0.29) is 5.56 Å². The van der Waals surface area contributed by atoms with Crippen LogP contribution in [0.25, 0.3) is 0 Å². The van der Waals surface area contributed by atoms with Gasteiger partial charge in [0.25, 0.3) is 5.56 Å². The van der Waals surface area contributed by atoms with Gasteiger partial charge in [-0.25, -0.2) is 9.78 Å². The van der Waals surface area contributed by atoms with Gasteiger partial charge in [0.15, 0.2) is 0 Å². The second-order valence-corrected chi connectivity index (χ2v) is 4.53. The Kier molecular flexibility index (Phi) is 4.71. The van der Waals surface area contributed by atoms with Crippen LogP contribution in [-0.2, 0) is 11.2 Å². The van der Waals surface area contributed by atoms with Crippen molar-refractivity contribution in [1.29, 1.82) is 0 Å². The number of carbonyl (C=O) groups excluding carboxylic acids is 1. The topological polar surface area (TPSA) is 84.1 Å². The summed E-state index contributed by atoms with van der Waals surface area (Å²) in [7, 11) is 1.34. The van der Waals surface area contributed by atoms with Crippen molar-refractivity contribution < 1.29 is 9.53 Å². The van der Waals surface area contributed by atoms with Gasteiger partial charge in [0.2, 0.25) is 5.95 Å². The number of esters is 1. The summed E-state index contributed by atoms with van der Waals surface area (Å²) in [5, 5.41) is 3.01. The number of nitrogens with one attached hydrogen (secondary N) is 2. The Morgan fingerprint density at radius 3 is 2.67 bits per heavy atom. The van der Waals surface area contributed by atoms with Crippen LogP contribution >= 0.6 is 0 Å². The van der Waals surface area contributed by atoms with Crippen molar-refractivity contribution in [3.63, 3.8) is 0 Å². The molecule has 1 aromatic carbocycles. The minimum Gasteiger partial charge on any atom is -0.465 e. The maximum Gasteiger partial charge on any atom is 0.337 e. The predicted molar refractivity (Wildman–Crippen MR) is 79.9 cm³/mol. The van der Waals surface area contributed by atoms with Gasteiger partial charge in [-0.2, -0.15) is 0 Å². The molecule has 0 spiro atoms. The Morgan fingerprint density at radius 1 is 1.33 bits per heavy atom. The van der Waals surface area contributed by atoms with E-state index in [0.717, 1.165) is 24.2 Å². The number of rotatable bonds is 5. The van der Waals surface area contributed by atoms with Gasteiger partial charge in [-0.15, -0.1) is 0 Å². The fourth-order valence-corrected chi connectivity index (χ4v) is 1.90. The van der Waals surface area contributed by atoms with Crippen molar-refractivity contribution in [3.8, 4) is 0 Å². The number of aryl methyl sites for hydroxylation is 1. The van der Waals surface area contributed by atoms with E-state index in [0.29, 0.717) is 11.5 Å². The molecule has 0 atom stereocenters. The molecule has 0 amide bonds. The number of methoxy groups -OCH3 is 1. The first-order valence-corrected chi connectivity index (χ1v) is 6.68. The quantitative estimate of drug-likeness (QED) is 0.824. The number of nitrogens with zero attached hydrogens (tertiary/aromatic N) is 1. The van der Waals surface area contributed by atoms with E-state index in [1.54, 1.807) is 24.3 Å². The van der Waals surface area contributed by atoms with Crippen molar-refractivity contribution in [1.82, 2.24) is 9.97 Å². The number of hydrogen-bond donors (Lipinski definition) is 2. The Morgan fingerprint density at radius 2 is 2.05 bits per heavy atom. The molecule has 0 aliphatic rings. The lowest BCUT2D eigenvalue weighted by molar-refractivity contribution is 0.0601. The van der Waals surface area contributed by atoms with E-state index in [1.807, 2.05) is 6.92 Å². The number of H-pyrrole nitrogens is 1. The van der Waals surface area contributed by atoms with Crippen LogP contribution < -0.4 is 10.9 Å². The number of ether oxygens (including phenoxy) is 1. The molecule has 2 rings (SSSR count). The van der Waals surface area contributed by atoms with E-state index in [9.17, 15) is 9.59 Å². The molecule has 2 N–H and O–H groups in total. The van der Waals surface area contributed by atoms with Gasteiger partial charge < -0.3 is 10.1 Å². The molecule has 0 aliphatic carbocycles. The number of carbonyl (C=O) groups is 1. The summed E-state index contributed by atoms with van der Waals surface area (Å²) < 4.78 is 4.63. The lowest BCUT2D eigenvalue weighted by Crippen LogP contribution is -2.12. The molecule has 0 fully saturated rings.